The van der Waals surface area contributed by atoms with E-state index in [0.717, 1.165) is 18.0 Å². The topological polar surface area (TPSA) is 49.4 Å². The Balaban J connectivity index is 2.29. The van der Waals surface area contributed by atoms with Crippen molar-refractivity contribution in [3.8, 4) is 0 Å². The zero-order chi connectivity index (χ0) is 11.8. The van der Waals surface area contributed by atoms with E-state index in [4.69, 9.17) is 0 Å². The normalized spacial score (nSPS) is 17.7. The maximum Gasteiger partial charge on any atom is 0.252 e. The molecular formula is C10H16N2O2S2. The smallest absolute Gasteiger partial charge is 0.252 e. The molecule has 1 fully saturated rings. The van der Waals surface area contributed by atoms with Crippen molar-refractivity contribution in [2.24, 2.45) is 0 Å². The highest BCUT2D eigenvalue weighted by molar-refractivity contribution is 7.91. The van der Waals surface area contributed by atoms with Crippen LogP contribution in [-0.2, 0) is 10.0 Å². The Morgan fingerprint density at radius 1 is 1.50 bits per heavy atom. The summed E-state index contributed by atoms with van der Waals surface area (Å²) in [5.74, 6) is 0. The Bertz CT molecular complexity index is 463. The van der Waals surface area contributed by atoms with E-state index in [0.29, 0.717) is 10.8 Å². The highest BCUT2D eigenvalue weighted by Gasteiger charge is 2.34. The van der Waals surface area contributed by atoms with Crippen LogP contribution in [0.15, 0.2) is 16.3 Å². The van der Waals surface area contributed by atoms with Crippen LogP contribution < -0.4 is 5.32 Å². The SMILES string of the molecule is CCN(C1CNC1)S(=O)(=O)c1ccc(C)s1. The van der Waals surface area contributed by atoms with Crippen molar-refractivity contribution < 1.29 is 8.42 Å². The van der Waals surface area contributed by atoms with Crippen LogP contribution in [-0.4, -0.2) is 38.4 Å². The molecule has 0 aliphatic carbocycles. The van der Waals surface area contributed by atoms with Gasteiger partial charge in [0.25, 0.3) is 10.0 Å². The predicted octanol–water partition coefficient (Wildman–Crippen LogP) is 1.04. The molecule has 0 unspecified atom stereocenters. The molecule has 0 radical (unpaired) electrons. The summed E-state index contributed by atoms with van der Waals surface area (Å²) in [4.78, 5) is 1.03. The molecule has 1 saturated heterocycles. The van der Waals surface area contributed by atoms with Gasteiger partial charge < -0.3 is 5.32 Å². The first-order valence-electron chi connectivity index (χ1n) is 5.34. The van der Waals surface area contributed by atoms with Crippen molar-refractivity contribution in [2.45, 2.75) is 24.1 Å². The first-order chi connectivity index (χ1) is 7.55. The van der Waals surface area contributed by atoms with Gasteiger partial charge in [-0.3, -0.25) is 0 Å². The van der Waals surface area contributed by atoms with E-state index in [1.165, 1.54) is 11.3 Å². The van der Waals surface area contributed by atoms with Crippen molar-refractivity contribution >= 4 is 21.4 Å². The Kier molecular flexibility index (Phi) is 3.34. The van der Waals surface area contributed by atoms with Crippen molar-refractivity contribution in [3.05, 3.63) is 17.0 Å². The zero-order valence-electron chi connectivity index (χ0n) is 9.43. The molecule has 0 amide bonds. The van der Waals surface area contributed by atoms with Crippen molar-refractivity contribution in [2.75, 3.05) is 19.6 Å². The molecule has 0 aromatic carbocycles. The summed E-state index contributed by atoms with van der Waals surface area (Å²) in [7, 11) is -3.28. The highest BCUT2D eigenvalue weighted by atomic mass is 32.2. The summed E-state index contributed by atoms with van der Waals surface area (Å²) in [5, 5.41) is 3.10. The molecule has 1 aliphatic rings. The lowest BCUT2D eigenvalue weighted by molar-refractivity contribution is 0.250. The van der Waals surface area contributed by atoms with Gasteiger partial charge in [-0.15, -0.1) is 11.3 Å². The third-order valence-electron chi connectivity index (χ3n) is 2.76. The van der Waals surface area contributed by atoms with E-state index in [1.54, 1.807) is 10.4 Å². The van der Waals surface area contributed by atoms with Crippen molar-refractivity contribution in [1.29, 1.82) is 0 Å². The van der Waals surface area contributed by atoms with Gasteiger partial charge >= 0.3 is 0 Å². The Hall–Kier alpha value is -0.430. The Labute approximate surface area is 100 Å². The lowest BCUT2D eigenvalue weighted by Crippen LogP contribution is -2.58. The number of hydrogen-bond donors (Lipinski definition) is 1. The molecule has 1 aromatic rings. The number of nitrogens with one attached hydrogen (secondary N) is 1. The van der Waals surface area contributed by atoms with E-state index < -0.39 is 10.0 Å². The molecule has 1 aromatic heterocycles. The lowest BCUT2D eigenvalue weighted by Gasteiger charge is -2.36. The predicted molar refractivity (Wildman–Crippen MR) is 65.3 cm³/mol. The number of rotatable bonds is 4. The van der Waals surface area contributed by atoms with Crippen LogP contribution in [0, 0.1) is 6.92 Å². The summed E-state index contributed by atoms with van der Waals surface area (Å²) in [6, 6.07) is 3.67. The van der Waals surface area contributed by atoms with E-state index in [9.17, 15) is 8.42 Å². The highest BCUT2D eigenvalue weighted by Crippen LogP contribution is 2.26. The monoisotopic (exact) mass is 260 g/mol. The van der Waals surface area contributed by atoms with Gasteiger partial charge in [0.05, 0.1) is 6.04 Å². The van der Waals surface area contributed by atoms with Gasteiger partial charge in [-0.25, -0.2) is 8.42 Å². The largest absolute Gasteiger partial charge is 0.313 e. The number of thiophene rings is 1. The van der Waals surface area contributed by atoms with Crippen LogP contribution >= 0.6 is 11.3 Å². The molecule has 2 heterocycles. The molecule has 0 bridgehead atoms. The molecule has 0 saturated carbocycles. The van der Waals surface area contributed by atoms with Gasteiger partial charge in [0.15, 0.2) is 0 Å². The molecule has 90 valence electrons. The number of likely N-dealkylation sites (N-methyl/N-ethyl adjacent to an activating group) is 1. The van der Waals surface area contributed by atoms with Gasteiger partial charge in [-0.2, -0.15) is 4.31 Å². The number of aryl methyl sites for hydroxylation is 1. The molecule has 1 aliphatic heterocycles. The molecule has 2 rings (SSSR count). The molecule has 0 atom stereocenters. The van der Waals surface area contributed by atoms with Crippen LogP contribution in [0.2, 0.25) is 0 Å². The third-order valence-corrected chi connectivity index (χ3v) is 6.25. The van der Waals surface area contributed by atoms with Gasteiger partial charge in [0, 0.05) is 24.5 Å². The van der Waals surface area contributed by atoms with Gasteiger partial charge in [0.2, 0.25) is 0 Å². The fraction of sp³-hybridized carbons (Fsp3) is 0.600. The molecule has 6 heteroatoms. The zero-order valence-corrected chi connectivity index (χ0v) is 11.1. The molecule has 4 nitrogen and oxygen atoms in total. The molecular weight excluding hydrogens is 244 g/mol. The lowest BCUT2D eigenvalue weighted by atomic mass is 10.2. The summed E-state index contributed by atoms with van der Waals surface area (Å²) in [6.07, 6.45) is 0. The van der Waals surface area contributed by atoms with Gasteiger partial charge in [-0.1, -0.05) is 6.92 Å². The molecule has 0 spiro atoms. The van der Waals surface area contributed by atoms with Gasteiger partial charge in [0.1, 0.15) is 4.21 Å². The van der Waals surface area contributed by atoms with Gasteiger partial charge in [-0.05, 0) is 19.1 Å². The molecule has 1 N–H and O–H groups in total. The maximum atomic E-state index is 12.3. The van der Waals surface area contributed by atoms with E-state index in [2.05, 4.69) is 5.32 Å². The minimum absolute atomic E-state index is 0.123. The van der Waals surface area contributed by atoms with Crippen LogP contribution in [0.5, 0.6) is 0 Å². The van der Waals surface area contributed by atoms with Crippen molar-refractivity contribution in [3.63, 3.8) is 0 Å². The van der Waals surface area contributed by atoms with Crippen LogP contribution in [0.3, 0.4) is 0 Å². The van der Waals surface area contributed by atoms with E-state index >= 15 is 0 Å². The second kappa shape index (κ2) is 4.44. The van der Waals surface area contributed by atoms with Crippen LogP contribution in [0.25, 0.3) is 0 Å². The average molecular weight is 260 g/mol. The fourth-order valence-corrected chi connectivity index (χ4v) is 4.81. The average Bonchev–Trinajstić information content (AvgIpc) is 2.58. The Morgan fingerprint density at radius 2 is 2.19 bits per heavy atom. The standard InChI is InChI=1S/C10H16N2O2S2/c1-3-12(9-6-11-7-9)16(13,14)10-5-4-8(2)15-10/h4-5,9,11H,3,6-7H2,1-2H3. The quantitative estimate of drug-likeness (QED) is 0.880. The van der Waals surface area contributed by atoms with E-state index in [-0.39, 0.29) is 6.04 Å². The second-order valence-electron chi connectivity index (χ2n) is 3.89. The molecule has 16 heavy (non-hydrogen) atoms. The number of hydrogen-bond acceptors (Lipinski definition) is 4. The number of nitrogens with zero attached hydrogens (tertiary/aromatic N) is 1. The third kappa shape index (κ3) is 2.02. The van der Waals surface area contributed by atoms with Crippen LogP contribution in [0.1, 0.15) is 11.8 Å². The summed E-state index contributed by atoms with van der Waals surface area (Å²) >= 11 is 1.34. The number of sulfonamides is 1. The maximum absolute atomic E-state index is 12.3. The second-order valence-corrected chi connectivity index (χ2v) is 7.29. The first kappa shape index (κ1) is 12.0. The summed E-state index contributed by atoms with van der Waals surface area (Å²) < 4.78 is 26.7. The summed E-state index contributed by atoms with van der Waals surface area (Å²) in [6.45, 7) is 5.86. The van der Waals surface area contributed by atoms with Crippen LogP contribution in [0.4, 0.5) is 0 Å². The van der Waals surface area contributed by atoms with Crippen molar-refractivity contribution in [1.82, 2.24) is 9.62 Å². The Morgan fingerprint density at radius 3 is 2.56 bits per heavy atom. The van der Waals surface area contributed by atoms with E-state index in [1.807, 2.05) is 19.9 Å². The minimum atomic E-state index is -3.28. The fourth-order valence-electron chi connectivity index (χ4n) is 1.77. The minimum Gasteiger partial charge on any atom is -0.313 e. The first-order valence-corrected chi connectivity index (χ1v) is 7.60. The summed E-state index contributed by atoms with van der Waals surface area (Å²) in [5.41, 5.74) is 0.